The van der Waals surface area contributed by atoms with E-state index < -0.39 is 5.60 Å². The number of benzene rings is 1. The lowest BCUT2D eigenvalue weighted by molar-refractivity contribution is 0.0199. The van der Waals surface area contributed by atoms with Crippen molar-refractivity contribution in [2.45, 2.75) is 58.5 Å². The van der Waals surface area contributed by atoms with Gasteiger partial charge in [0.2, 0.25) is 0 Å². The molecule has 2 aliphatic rings. The average Bonchev–Trinajstić information content (AvgIpc) is 2.93. The maximum atomic E-state index is 11.0. The lowest BCUT2D eigenvalue weighted by Crippen LogP contribution is -2.28. The summed E-state index contributed by atoms with van der Waals surface area (Å²) in [5.41, 5.74) is 2.94. The fourth-order valence-corrected chi connectivity index (χ4v) is 4.56. The van der Waals surface area contributed by atoms with Crippen molar-refractivity contribution >= 4 is 0 Å². The third-order valence-corrected chi connectivity index (χ3v) is 5.52. The highest BCUT2D eigenvalue weighted by Gasteiger charge is 2.42. The predicted molar refractivity (Wildman–Crippen MR) is 79.0 cm³/mol. The van der Waals surface area contributed by atoms with Gasteiger partial charge in [0.1, 0.15) is 0 Å². The largest absolute Gasteiger partial charge is 0.385 e. The van der Waals surface area contributed by atoms with Gasteiger partial charge in [-0.05, 0) is 75.3 Å². The molecule has 0 aliphatic heterocycles. The molecule has 19 heavy (non-hydrogen) atoms. The molecule has 2 fully saturated rings. The van der Waals surface area contributed by atoms with E-state index in [0.717, 1.165) is 29.7 Å². The van der Waals surface area contributed by atoms with E-state index in [1.54, 1.807) is 0 Å². The van der Waals surface area contributed by atoms with E-state index in [4.69, 9.17) is 0 Å². The summed E-state index contributed by atoms with van der Waals surface area (Å²) >= 11 is 0. The number of hydrogen-bond acceptors (Lipinski definition) is 1. The molecule has 1 aromatic carbocycles. The number of aryl methyl sites for hydroxylation is 2. The van der Waals surface area contributed by atoms with E-state index in [-0.39, 0.29) is 0 Å². The molecule has 2 aliphatic carbocycles. The van der Waals surface area contributed by atoms with Crippen LogP contribution in [0, 0.1) is 31.6 Å². The summed E-state index contributed by atoms with van der Waals surface area (Å²) in [4.78, 5) is 0. The van der Waals surface area contributed by atoms with Crippen molar-refractivity contribution in [2.24, 2.45) is 17.8 Å². The highest BCUT2D eigenvalue weighted by Crippen LogP contribution is 2.51. The molecule has 1 aromatic rings. The van der Waals surface area contributed by atoms with E-state index in [0.29, 0.717) is 0 Å². The standard InChI is InChI=1S/C18H26O/c1-12-4-5-13(2)17(8-12)18(3,19)11-16-10-14-6-7-15(16)9-14/h4-5,8,14-16,19H,6-7,9-11H2,1-3H3. The van der Waals surface area contributed by atoms with Gasteiger partial charge < -0.3 is 5.11 Å². The van der Waals surface area contributed by atoms with Crippen LogP contribution in [0.25, 0.3) is 0 Å². The SMILES string of the molecule is Cc1ccc(C)c(C(C)(O)CC2CC3CCC2C3)c1. The molecule has 0 amide bonds. The summed E-state index contributed by atoms with van der Waals surface area (Å²) in [5.74, 6) is 2.60. The molecule has 1 heteroatoms. The summed E-state index contributed by atoms with van der Waals surface area (Å²) in [7, 11) is 0. The van der Waals surface area contributed by atoms with Crippen LogP contribution in [-0.4, -0.2) is 5.11 Å². The summed E-state index contributed by atoms with van der Waals surface area (Å²) in [6.07, 6.45) is 6.56. The Morgan fingerprint density at radius 3 is 2.63 bits per heavy atom. The number of fused-ring (bicyclic) bond motifs is 2. The predicted octanol–water partition coefficient (Wildman–Crippen LogP) is 4.34. The van der Waals surface area contributed by atoms with Crippen LogP contribution in [0.1, 0.15) is 55.7 Å². The van der Waals surface area contributed by atoms with Crippen molar-refractivity contribution in [3.05, 3.63) is 34.9 Å². The van der Waals surface area contributed by atoms with Crippen LogP contribution in [0.15, 0.2) is 18.2 Å². The lowest BCUT2D eigenvalue weighted by Gasteiger charge is -2.32. The summed E-state index contributed by atoms with van der Waals surface area (Å²) in [6.45, 7) is 6.24. The second-order valence-electron chi connectivity index (χ2n) is 7.23. The molecule has 4 atom stereocenters. The zero-order valence-electron chi connectivity index (χ0n) is 12.4. The third kappa shape index (κ3) is 2.45. The van der Waals surface area contributed by atoms with Crippen LogP contribution in [0.4, 0.5) is 0 Å². The number of hydrogen-bond donors (Lipinski definition) is 1. The van der Waals surface area contributed by atoms with Gasteiger partial charge in [-0.25, -0.2) is 0 Å². The molecule has 0 heterocycles. The van der Waals surface area contributed by atoms with Crippen molar-refractivity contribution in [1.29, 1.82) is 0 Å². The Bertz CT molecular complexity index is 475. The molecule has 2 saturated carbocycles. The van der Waals surface area contributed by atoms with Gasteiger partial charge in [-0.2, -0.15) is 0 Å². The van der Waals surface area contributed by atoms with Crippen molar-refractivity contribution in [2.75, 3.05) is 0 Å². The first-order valence-corrected chi connectivity index (χ1v) is 7.76. The summed E-state index contributed by atoms with van der Waals surface area (Å²) < 4.78 is 0. The van der Waals surface area contributed by atoms with Gasteiger partial charge >= 0.3 is 0 Å². The fraction of sp³-hybridized carbons (Fsp3) is 0.667. The zero-order valence-corrected chi connectivity index (χ0v) is 12.4. The minimum Gasteiger partial charge on any atom is -0.385 e. The smallest absolute Gasteiger partial charge is 0.0873 e. The minimum absolute atomic E-state index is 0.661. The first-order valence-electron chi connectivity index (χ1n) is 7.76. The van der Waals surface area contributed by atoms with Gasteiger partial charge in [0, 0.05) is 0 Å². The topological polar surface area (TPSA) is 20.2 Å². The molecule has 0 radical (unpaired) electrons. The summed E-state index contributed by atoms with van der Waals surface area (Å²) in [6, 6.07) is 6.44. The average molecular weight is 258 g/mol. The van der Waals surface area contributed by atoms with Crippen LogP contribution in [0.2, 0.25) is 0 Å². The number of rotatable bonds is 3. The zero-order chi connectivity index (χ0) is 13.6. The Kier molecular flexibility index (Phi) is 3.21. The first-order chi connectivity index (χ1) is 8.95. The monoisotopic (exact) mass is 258 g/mol. The normalized spacial score (nSPS) is 32.5. The number of aliphatic hydroxyl groups is 1. The maximum Gasteiger partial charge on any atom is 0.0873 e. The van der Waals surface area contributed by atoms with Crippen LogP contribution >= 0.6 is 0 Å². The molecular weight excluding hydrogens is 232 g/mol. The Morgan fingerprint density at radius 2 is 2.00 bits per heavy atom. The second-order valence-corrected chi connectivity index (χ2v) is 7.23. The van der Waals surface area contributed by atoms with Gasteiger partial charge in [-0.1, -0.05) is 30.2 Å². The van der Waals surface area contributed by atoms with Crippen molar-refractivity contribution in [3.8, 4) is 0 Å². The minimum atomic E-state index is -0.661. The quantitative estimate of drug-likeness (QED) is 0.855. The van der Waals surface area contributed by atoms with Crippen LogP contribution in [0.5, 0.6) is 0 Å². The first kappa shape index (κ1) is 13.2. The van der Waals surface area contributed by atoms with Gasteiger partial charge in [-0.15, -0.1) is 0 Å². The summed E-state index contributed by atoms with van der Waals surface area (Å²) in [5, 5.41) is 11.0. The van der Waals surface area contributed by atoms with Gasteiger partial charge in [0.05, 0.1) is 5.60 Å². The maximum absolute atomic E-state index is 11.0. The van der Waals surface area contributed by atoms with E-state index >= 15 is 0 Å². The Labute approximate surface area is 117 Å². The van der Waals surface area contributed by atoms with Crippen molar-refractivity contribution < 1.29 is 5.11 Å². The fourth-order valence-electron chi connectivity index (χ4n) is 4.56. The highest BCUT2D eigenvalue weighted by molar-refractivity contribution is 5.34. The Hall–Kier alpha value is -0.820. The van der Waals surface area contributed by atoms with E-state index in [1.165, 1.54) is 36.8 Å². The van der Waals surface area contributed by atoms with Gasteiger partial charge in [0.15, 0.2) is 0 Å². The van der Waals surface area contributed by atoms with Crippen LogP contribution in [0.3, 0.4) is 0 Å². The van der Waals surface area contributed by atoms with Crippen LogP contribution in [-0.2, 0) is 5.60 Å². The van der Waals surface area contributed by atoms with Crippen LogP contribution < -0.4 is 0 Å². The molecule has 4 unspecified atom stereocenters. The molecule has 104 valence electrons. The molecule has 0 saturated heterocycles. The molecule has 0 aromatic heterocycles. The second kappa shape index (κ2) is 4.63. The van der Waals surface area contributed by atoms with Crippen molar-refractivity contribution in [3.63, 3.8) is 0 Å². The lowest BCUT2D eigenvalue weighted by atomic mass is 9.77. The van der Waals surface area contributed by atoms with Gasteiger partial charge in [0.25, 0.3) is 0 Å². The molecule has 0 spiro atoms. The van der Waals surface area contributed by atoms with E-state index in [9.17, 15) is 5.11 Å². The highest BCUT2D eigenvalue weighted by atomic mass is 16.3. The van der Waals surface area contributed by atoms with E-state index in [2.05, 4.69) is 32.0 Å². The molecule has 2 bridgehead atoms. The molecular formula is C18H26O. The molecule has 3 rings (SSSR count). The van der Waals surface area contributed by atoms with E-state index in [1.807, 2.05) is 6.92 Å². The third-order valence-electron chi connectivity index (χ3n) is 5.52. The molecule has 1 nitrogen and oxygen atoms in total. The Morgan fingerprint density at radius 1 is 1.21 bits per heavy atom. The molecule has 1 N–H and O–H groups in total. The Balaban J connectivity index is 1.80. The van der Waals surface area contributed by atoms with Gasteiger partial charge in [-0.3, -0.25) is 0 Å². The van der Waals surface area contributed by atoms with Crippen molar-refractivity contribution in [1.82, 2.24) is 0 Å².